The van der Waals surface area contributed by atoms with Crippen LogP contribution < -0.4 is 20.7 Å². The van der Waals surface area contributed by atoms with Crippen LogP contribution in [0.1, 0.15) is 51.7 Å². The maximum Gasteiger partial charge on any atom is 0.217 e. The molecule has 2 aromatic rings. The van der Waals surface area contributed by atoms with Crippen LogP contribution in [0.15, 0.2) is 36.4 Å². The molecule has 0 unspecified atom stereocenters. The molecule has 0 saturated carbocycles. The number of hydrogen-bond acceptors (Lipinski definition) is 7. The number of pyridine rings is 1. The Labute approximate surface area is 207 Å². The molecule has 2 heterocycles. The van der Waals surface area contributed by atoms with E-state index in [9.17, 15) is 0 Å². The fraction of sp³-hybridized carbons (Fsp3) is 0.556. The van der Waals surface area contributed by atoms with Gasteiger partial charge in [-0.25, -0.2) is 0 Å². The van der Waals surface area contributed by atoms with Crippen LogP contribution in [0.2, 0.25) is 0 Å². The Balaban J connectivity index is 0.000000437. The molecule has 1 aromatic heterocycles. The van der Waals surface area contributed by atoms with Gasteiger partial charge in [0, 0.05) is 69.8 Å². The summed E-state index contributed by atoms with van der Waals surface area (Å²) in [6.45, 7) is 18.3. The first-order valence-corrected chi connectivity index (χ1v) is 12.7. The molecule has 7 nitrogen and oxygen atoms in total. The van der Waals surface area contributed by atoms with E-state index >= 15 is 0 Å². The third-order valence-electron chi connectivity index (χ3n) is 5.23. The minimum Gasteiger partial charge on any atom is -0.476 e. The topological polar surface area (TPSA) is 90.5 Å². The molecule has 34 heavy (non-hydrogen) atoms. The zero-order valence-electron chi connectivity index (χ0n) is 21.9. The lowest BCUT2D eigenvalue weighted by Crippen LogP contribution is -2.44. The molecule has 0 amide bonds. The van der Waals surface area contributed by atoms with Gasteiger partial charge in [0.2, 0.25) is 5.88 Å². The lowest BCUT2D eigenvalue weighted by atomic mass is 10.2. The highest BCUT2D eigenvalue weighted by molar-refractivity contribution is 5.76. The molecular weight excluding hydrogens is 424 g/mol. The van der Waals surface area contributed by atoms with E-state index in [1.54, 1.807) is 0 Å². The summed E-state index contributed by atoms with van der Waals surface area (Å²) < 4.78 is 5.86. The Kier molecular flexibility index (Phi) is 15.4. The van der Waals surface area contributed by atoms with Crippen molar-refractivity contribution in [2.45, 2.75) is 47.5 Å². The van der Waals surface area contributed by atoms with Gasteiger partial charge in [-0.15, -0.1) is 0 Å². The van der Waals surface area contributed by atoms with Crippen molar-refractivity contribution in [2.24, 2.45) is 0 Å². The van der Waals surface area contributed by atoms with Crippen LogP contribution in [-0.4, -0.2) is 68.5 Å². The maximum atomic E-state index is 6.92. The molecule has 0 aliphatic carbocycles. The number of aromatic nitrogens is 1. The first kappa shape index (κ1) is 29.4. The minimum absolute atomic E-state index is 0.525. The van der Waals surface area contributed by atoms with Crippen LogP contribution in [0.4, 0.5) is 11.5 Å². The Hall–Kier alpha value is -2.64. The van der Waals surface area contributed by atoms with Gasteiger partial charge in [-0.05, 0) is 25.3 Å². The van der Waals surface area contributed by atoms with Gasteiger partial charge in [0.05, 0.1) is 0 Å². The lowest BCUT2D eigenvalue weighted by molar-refractivity contribution is 0.188. The monoisotopic (exact) mass is 470 g/mol. The fourth-order valence-corrected chi connectivity index (χ4v) is 3.65. The number of hydrogen-bond donors (Lipinski definition) is 3. The summed E-state index contributed by atoms with van der Waals surface area (Å²) in [6.07, 6.45) is 3.58. The average molecular weight is 471 g/mol. The molecule has 4 N–H and O–H groups in total. The summed E-state index contributed by atoms with van der Waals surface area (Å²) in [7, 11) is 0. The van der Waals surface area contributed by atoms with Crippen molar-refractivity contribution in [3.05, 3.63) is 47.5 Å². The Morgan fingerprint density at radius 2 is 1.79 bits per heavy atom. The number of nitrogens with one attached hydrogen (secondary N) is 2. The van der Waals surface area contributed by atoms with Crippen molar-refractivity contribution in [3.63, 3.8) is 0 Å². The third-order valence-corrected chi connectivity index (χ3v) is 5.23. The van der Waals surface area contributed by atoms with Crippen LogP contribution in [-0.2, 0) is 0 Å². The van der Waals surface area contributed by atoms with Crippen molar-refractivity contribution in [1.82, 2.24) is 15.2 Å². The molecule has 1 aliphatic rings. The van der Waals surface area contributed by atoms with E-state index in [1.807, 2.05) is 57.2 Å². The van der Waals surface area contributed by atoms with Gasteiger partial charge in [0.25, 0.3) is 0 Å². The second-order valence-corrected chi connectivity index (χ2v) is 8.07. The quantitative estimate of drug-likeness (QED) is 0.440. The van der Waals surface area contributed by atoms with Crippen molar-refractivity contribution >= 4 is 17.7 Å². The van der Waals surface area contributed by atoms with E-state index in [0.717, 1.165) is 69.9 Å². The molecular formula is C27H46N6O. The summed E-state index contributed by atoms with van der Waals surface area (Å²) in [4.78, 5) is 9.07. The van der Waals surface area contributed by atoms with Crippen LogP contribution in [0.5, 0.6) is 5.88 Å². The molecule has 1 aromatic carbocycles. The van der Waals surface area contributed by atoms with E-state index < -0.39 is 0 Å². The molecule has 1 fully saturated rings. The summed E-state index contributed by atoms with van der Waals surface area (Å²) >= 11 is 0. The average Bonchev–Trinajstić information content (AvgIpc) is 2.86. The van der Waals surface area contributed by atoms with Crippen LogP contribution in [0.25, 0.3) is 0 Å². The molecule has 3 rings (SSSR count). The zero-order chi connectivity index (χ0) is 25.2. The molecule has 0 atom stereocenters. The molecule has 0 bridgehead atoms. The minimum atomic E-state index is 0.525. The Bertz CT molecular complexity index is 801. The molecule has 0 spiro atoms. The predicted molar refractivity (Wildman–Crippen MR) is 147 cm³/mol. The zero-order valence-corrected chi connectivity index (χ0v) is 21.9. The van der Waals surface area contributed by atoms with Gasteiger partial charge in [0.15, 0.2) is 0 Å². The lowest BCUT2D eigenvalue weighted by Gasteiger charge is -2.27. The second kappa shape index (κ2) is 17.8. The number of benzene rings is 1. The number of aryl methyl sites for hydroxylation is 1. The second-order valence-electron chi connectivity index (χ2n) is 8.07. The third kappa shape index (κ3) is 11.5. The van der Waals surface area contributed by atoms with Crippen molar-refractivity contribution < 1.29 is 4.74 Å². The van der Waals surface area contributed by atoms with Gasteiger partial charge in [-0.2, -0.15) is 4.98 Å². The first-order chi connectivity index (χ1) is 16.5. The van der Waals surface area contributed by atoms with E-state index in [4.69, 9.17) is 15.9 Å². The summed E-state index contributed by atoms with van der Waals surface area (Å²) in [5.74, 6) is 1.16. The van der Waals surface area contributed by atoms with Crippen LogP contribution >= 0.6 is 0 Å². The first-order valence-electron chi connectivity index (χ1n) is 12.7. The fourth-order valence-electron chi connectivity index (χ4n) is 3.65. The molecule has 7 heteroatoms. The number of nitrogens with two attached hydrogens (primary N) is 1. The summed E-state index contributed by atoms with van der Waals surface area (Å²) in [5, 5.41) is 10.3. The standard InChI is InChI=1S/C17H31N5O.C8H9N.C2H6/c1-3-7-22(8-4-2)15-13-16(18)20-17(14-15)23-12-11-21-9-5-19-6-10-21;1-7-3-2-4-8(5-7)6-9;1-2/h13-14,19H,3-12H2,1-2H3,(H2,18,20);2-6,9H,1H3;1-2H3. The smallest absolute Gasteiger partial charge is 0.217 e. The highest BCUT2D eigenvalue weighted by Gasteiger charge is 2.11. The van der Waals surface area contributed by atoms with Crippen LogP contribution in [0.3, 0.4) is 0 Å². The number of nitrogen functional groups attached to an aromatic ring is 1. The number of anilines is 2. The number of piperazine rings is 1. The number of nitrogens with zero attached hydrogens (tertiary/aromatic N) is 3. The molecule has 0 radical (unpaired) electrons. The van der Waals surface area contributed by atoms with Crippen molar-refractivity contribution in [1.29, 1.82) is 5.41 Å². The van der Waals surface area contributed by atoms with Gasteiger partial charge >= 0.3 is 0 Å². The highest BCUT2D eigenvalue weighted by atomic mass is 16.5. The molecule has 190 valence electrons. The van der Waals surface area contributed by atoms with Crippen molar-refractivity contribution in [2.75, 3.05) is 63.1 Å². The van der Waals surface area contributed by atoms with E-state index in [-0.39, 0.29) is 0 Å². The van der Waals surface area contributed by atoms with Crippen LogP contribution in [0, 0.1) is 12.3 Å². The van der Waals surface area contributed by atoms with Gasteiger partial charge in [-0.3, -0.25) is 4.90 Å². The van der Waals surface area contributed by atoms with E-state index in [2.05, 4.69) is 33.9 Å². The van der Waals surface area contributed by atoms with Gasteiger partial charge in [-0.1, -0.05) is 57.5 Å². The van der Waals surface area contributed by atoms with Gasteiger partial charge in [0.1, 0.15) is 12.4 Å². The summed E-state index contributed by atoms with van der Waals surface area (Å²) in [6, 6.07) is 11.8. The SMILES string of the molecule is CC.CCCN(CCC)c1cc(N)nc(OCCN2CCNCC2)c1.Cc1cccc(C=N)c1. The Morgan fingerprint density at radius 1 is 1.12 bits per heavy atom. The predicted octanol–water partition coefficient (Wildman–Crippen LogP) is 4.59. The van der Waals surface area contributed by atoms with E-state index in [1.165, 1.54) is 11.8 Å². The summed E-state index contributed by atoms with van der Waals surface area (Å²) in [5.41, 5.74) is 9.25. The number of ether oxygens (including phenoxy) is 1. The normalized spacial score (nSPS) is 13.1. The van der Waals surface area contributed by atoms with E-state index in [0.29, 0.717) is 18.3 Å². The molecule has 1 aliphatic heterocycles. The number of rotatable bonds is 10. The highest BCUT2D eigenvalue weighted by Crippen LogP contribution is 2.23. The largest absolute Gasteiger partial charge is 0.476 e. The molecule has 1 saturated heterocycles. The maximum absolute atomic E-state index is 6.92. The van der Waals surface area contributed by atoms with Crippen molar-refractivity contribution in [3.8, 4) is 5.88 Å². The van der Waals surface area contributed by atoms with Gasteiger partial charge < -0.3 is 26.1 Å². The Morgan fingerprint density at radius 3 is 2.35 bits per heavy atom.